The quantitative estimate of drug-likeness (QED) is 0.740. The first-order chi connectivity index (χ1) is 7.30. The van der Waals surface area contributed by atoms with Gasteiger partial charge in [-0.1, -0.05) is 6.58 Å². The van der Waals surface area contributed by atoms with Gasteiger partial charge in [0.2, 0.25) is 0 Å². The first kappa shape index (κ1) is 12.3. The number of nitrogens with two attached hydrogens (primary N) is 1. The fourth-order valence-electron chi connectivity index (χ4n) is 0.860. The van der Waals surface area contributed by atoms with Crippen LogP contribution in [0.25, 0.3) is 0 Å². The maximum absolute atomic E-state index is 11.2. The minimum atomic E-state index is -3.81. The molecule has 3 N–H and O–H groups in total. The molecule has 0 radical (unpaired) electrons. The van der Waals surface area contributed by atoms with E-state index in [-0.39, 0.29) is 10.9 Å². The van der Waals surface area contributed by atoms with Gasteiger partial charge in [0.1, 0.15) is 0 Å². The summed E-state index contributed by atoms with van der Waals surface area (Å²) in [4.78, 5) is 14.8. The Labute approximate surface area is 93.2 Å². The van der Waals surface area contributed by atoms with Crippen LogP contribution >= 0.6 is 0 Å². The Balaban J connectivity index is 2.88. The highest BCUT2D eigenvalue weighted by atomic mass is 32.2. The number of primary sulfonamides is 1. The van der Waals surface area contributed by atoms with Crippen LogP contribution in [0.5, 0.6) is 0 Å². The fourth-order valence-corrected chi connectivity index (χ4v) is 1.32. The number of hydrogen-bond donors (Lipinski definition) is 2. The zero-order valence-corrected chi connectivity index (χ0v) is 9.41. The third kappa shape index (κ3) is 3.14. The van der Waals surface area contributed by atoms with Crippen LogP contribution < -0.4 is 10.5 Å². The van der Waals surface area contributed by atoms with Gasteiger partial charge in [-0.15, -0.1) is 0 Å². The Kier molecular flexibility index (Phi) is 3.41. The molecule has 0 atom stereocenters. The molecule has 0 saturated heterocycles. The number of hydrogen-bond acceptors (Lipinski definition) is 4. The zero-order valence-electron chi connectivity index (χ0n) is 8.60. The molecule has 0 fully saturated rings. The van der Waals surface area contributed by atoms with Crippen LogP contribution in [0.3, 0.4) is 0 Å². The molecule has 0 aliphatic heterocycles. The Morgan fingerprint density at radius 1 is 1.50 bits per heavy atom. The molecule has 0 unspecified atom stereocenters. The van der Waals surface area contributed by atoms with Crippen LogP contribution in [-0.2, 0) is 14.8 Å². The van der Waals surface area contributed by atoms with E-state index in [0.29, 0.717) is 11.3 Å². The van der Waals surface area contributed by atoms with Crippen molar-refractivity contribution in [2.45, 2.75) is 11.9 Å². The number of rotatable bonds is 3. The van der Waals surface area contributed by atoms with Crippen LogP contribution in [0.15, 0.2) is 35.5 Å². The molecule has 1 heterocycles. The number of carbonyl (C=O) groups is 1. The van der Waals surface area contributed by atoms with Crippen molar-refractivity contribution in [3.05, 3.63) is 30.5 Å². The van der Waals surface area contributed by atoms with E-state index in [2.05, 4.69) is 16.9 Å². The lowest BCUT2D eigenvalue weighted by molar-refractivity contribution is -0.112. The Morgan fingerprint density at radius 2 is 2.12 bits per heavy atom. The molecule has 6 nitrogen and oxygen atoms in total. The largest absolute Gasteiger partial charge is 0.321 e. The highest BCUT2D eigenvalue weighted by Crippen LogP contribution is 2.09. The Morgan fingerprint density at radius 3 is 2.50 bits per heavy atom. The first-order valence-electron chi connectivity index (χ1n) is 4.26. The number of amides is 1. The fraction of sp³-hybridized carbons (Fsp3) is 0.111. The van der Waals surface area contributed by atoms with E-state index in [9.17, 15) is 13.2 Å². The number of carbonyl (C=O) groups excluding carboxylic acids is 1. The molecule has 0 aliphatic rings. The minimum Gasteiger partial charge on any atom is -0.321 e. The summed E-state index contributed by atoms with van der Waals surface area (Å²) < 4.78 is 21.8. The average molecular weight is 241 g/mol. The summed E-state index contributed by atoms with van der Waals surface area (Å²) in [6.07, 6.45) is 1.21. The molecular formula is C9H11N3O3S. The molecule has 1 amide bonds. The topological polar surface area (TPSA) is 102 Å². The minimum absolute atomic E-state index is 0.249. The summed E-state index contributed by atoms with van der Waals surface area (Å²) in [5.41, 5.74) is 0.718. The number of nitrogens with zero attached hydrogens (tertiary/aromatic N) is 1. The summed E-state index contributed by atoms with van der Waals surface area (Å²) >= 11 is 0. The van der Waals surface area contributed by atoms with Gasteiger partial charge in [0.25, 0.3) is 15.9 Å². The standard InChI is InChI=1S/C9H11N3O3S/c1-6(2)9(13)12-7-3-4-8(11-5-7)16(10,14)15/h3-5H,1H2,2H3,(H,12,13)(H2,10,14,15). The molecule has 0 bridgehead atoms. The van der Waals surface area contributed by atoms with Gasteiger partial charge in [-0.25, -0.2) is 18.5 Å². The smallest absolute Gasteiger partial charge is 0.255 e. The predicted molar refractivity (Wildman–Crippen MR) is 59.1 cm³/mol. The SMILES string of the molecule is C=C(C)C(=O)Nc1ccc(S(N)(=O)=O)nc1. The zero-order chi connectivity index (χ0) is 12.3. The van der Waals surface area contributed by atoms with E-state index in [1.807, 2.05) is 0 Å². The van der Waals surface area contributed by atoms with Crippen molar-refractivity contribution in [2.24, 2.45) is 5.14 Å². The Bertz CT molecular complexity index is 519. The van der Waals surface area contributed by atoms with Crippen molar-refractivity contribution in [3.63, 3.8) is 0 Å². The second-order valence-electron chi connectivity index (χ2n) is 3.16. The molecule has 16 heavy (non-hydrogen) atoms. The summed E-state index contributed by atoms with van der Waals surface area (Å²) in [5.74, 6) is -0.356. The monoisotopic (exact) mass is 241 g/mol. The lowest BCUT2D eigenvalue weighted by Crippen LogP contribution is -2.15. The normalized spacial score (nSPS) is 10.9. The van der Waals surface area contributed by atoms with Crippen molar-refractivity contribution < 1.29 is 13.2 Å². The van der Waals surface area contributed by atoms with Crippen molar-refractivity contribution in [2.75, 3.05) is 5.32 Å². The molecule has 1 aromatic rings. The average Bonchev–Trinajstić information content (AvgIpc) is 2.17. The summed E-state index contributed by atoms with van der Waals surface area (Å²) in [6, 6.07) is 2.61. The molecule has 1 aromatic heterocycles. The van der Waals surface area contributed by atoms with Crippen molar-refractivity contribution >= 4 is 21.6 Å². The van der Waals surface area contributed by atoms with Gasteiger partial charge in [-0.3, -0.25) is 4.79 Å². The van der Waals surface area contributed by atoms with Gasteiger partial charge in [0.15, 0.2) is 5.03 Å². The van der Waals surface area contributed by atoms with Gasteiger partial charge < -0.3 is 5.32 Å². The molecule has 0 saturated carbocycles. The van der Waals surface area contributed by atoms with Crippen molar-refractivity contribution in [1.82, 2.24) is 4.98 Å². The van der Waals surface area contributed by atoms with E-state index in [4.69, 9.17) is 5.14 Å². The number of anilines is 1. The maximum Gasteiger partial charge on any atom is 0.255 e. The van der Waals surface area contributed by atoms with Crippen LogP contribution in [0.1, 0.15) is 6.92 Å². The summed E-state index contributed by atoms with van der Waals surface area (Å²) in [6.45, 7) is 5.02. The van der Waals surface area contributed by atoms with E-state index in [1.165, 1.54) is 18.3 Å². The molecular weight excluding hydrogens is 230 g/mol. The molecule has 1 rings (SSSR count). The van der Waals surface area contributed by atoms with Crippen LogP contribution in [0, 0.1) is 0 Å². The molecule has 86 valence electrons. The van der Waals surface area contributed by atoms with E-state index in [0.717, 1.165) is 0 Å². The van der Waals surface area contributed by atoms with Gasteiger partial charge in [-0.2, -0.15) is 0 Å². The van der Waals surface area contributed by atoms with Gasteiger partial charge in [-0.05, 0) is 19.1 Å². The van der Waals surface area contributed by atoms with Crippen LogP contribution in [0.4, 0.5) is 5.69 Å². The molecule has 7 heteroatoms. The predicted octanol–water partition coefficient (Wildman–Crippen LogP) is 0.244. The van der Waals surface area contributed by atoms with Crippen molar-refractivity contribution in [1.29, 1.82) is 0 Å². The number of nitrogens with one attached hydrogen (secondary N) is 1. The third-order valence-electron chi connectivity index (χ3n) is 1.67. The Hall–Kier alpha value is -1.73. The maximum atomic E-state index is 11.2. The van der Waals surface area contributed by atoms with E-state index in [1.54, 1.807) is 6.92 Å². The molecule has 0 spiro atoms. The highest BCUT2D eigenvalue weighted by Gasteiger charge is 2.09. The summed E-state index contributed by atoms with van der Waals surface area (Å²) in [5, 5.41) is 7.10. The van der Waals surface area contributed by atoms with Crippen molar-refractivity contribution in [3.8, 4) is 0 Å². The highest BCUT2D eigenvalue weighted by molar-refractivity contribution is 7.89. The van der Waals surface area contributed by atoms with Gasteiger partial charge in [0.05, 0.1) is 11.9 Å². The second-order valence-corrected chi connectivity index (χ2v) is 4.67. The molecule has 0 aromatic carbocycles. The van der Waals surface area contributed by atoms with Gasteiger partial charge in [0, 0.05) is 5.57 Å². The van der Waals surface area contributed by atoms with Crippen LogP contribution in [-0.4, -0.2) is 19.3 Å². The first-order valence-corrected chi connectivity index (χ1v) is 5.81. The lowest BCUT2D eigenvalue weighted by atomic mass is 10.3. The van der Waals surface area contributed by atoms with Gasteiger partial charge >= 0.3 is 0 Å². The van der Waals surface area contributed by atoms with E-state index >= 15 is 0 Å². The number of pyridine rings is 1. The summed E-state index contributed by atoms with van der Waals surface area (Å²) in [7, 11) is -3.81. The third-order valence-corrected chi connectivity index (χ3v) is 2.50. The number of aromatic nitrogens is 1. The molecule has 0 aliphatic carbocycles. The van der Waals surface area contributed by atoms with Crippen LogP contribution in [0.2, 0.25) is 0 Å². The van der Waals surface area contributed by atoms with E-state index < -0.39 is 10.0 Å². The second kappa shape index (κ2) is 4.42. The number of sulfonamides is 1. The lowest BCUT2D eigenvalue weighted by Gasteiger charge is -2.04.